The maximum Gasteiger partial charge on any atom is 0.182 e. The van der Waals surface area contributed by atoms with Gasteiger partial charge < -0.3 is 4.98 Å². The number of H-pyrrole nitrogens is 1. The Labute approximate surface area is 137 Å². The SMILES string of the molecule is CC(C)(C)c1c[nH]c(=S)n1-c1ccc(Br)c2ccccc12. The van der Waals surface area contributed by atoms with Crippen molar-refractivity contribution < 1.29 is 0 Å². The molecule has 1 N–H and O–H groups in total. The Morgan fingerprint density at radius 2 is 1.71 bits per heavy atom. The van der Waals surface area contributed by atoms with Crippen LogP contribution in [0, 0.1) is 4.77 Å². The summed E-state index contributed by atoms with van der Waals surface area (Å²) in [5, 5.41) is 2.38. The summed E-state index contributed by atoms with van der Waals surface area (Å²) in [4.78, 5) is 3.19. The predicted octanol–water partition coefficient (Wildman–Crippen LogP) is 5.75. The van der Waals surface area contributed by atoms with Crippen LogP contribution in [-0.4, -0.2) is 9.55 Å². The fraction of sp³-hybridized carbons (Fsp3) is 0.235. The zero-order valence-corrected chi connectivity index (χ0v) is 14.7. The molecule has 3 aromatic rings. The standard InChI is InChI=1S/C17H17BrN2S/c1-17(2,3)15-10-19-16(21)20(15)14-9-8-13(18)11-6-4-5-7-12(11)14/h4-10H,1-3H3,(H,19,21). The lowest BCUT2D eigenvalue weighted by molar-refractivity contribution is 0.556. The lowest BCUT2D eigenvalue weighted by Gasteiger charge is -2.21. The van der Waals surface area contributed by atoms with Gasteiger partial charge in [0.2, 0.25) is 0 Å². The topological polar surface area (TPSA) is 20.7 Å². The number of hydrogen-bond donors (Lipinski definition) is 1. The van der Waals surface area contributed by atoms with Gasteiger partial charge in [-0.1, -0.05) is 61.0 Å². The second-order valence-electron chi connectivity index (χ2n) is 6.18. The van der Waals surface area contributed by atoms with Crippen LogP contribution in [0.2, 0.25) is 0 Å². The average molecular weight is 361 g/mol. The number of benzene rings is 2. The van der Waals surface area contributed by atoms with Gasteiger partial charge in [0.05, 0.1) is 5.69 Å². The molecule has 0 spiro atoms. The third-order valence-corrected chi connectivity index (χ3v) is 4.63. The summed E-state index contributed by atoms with van der Waals surface area (Å²) in [5.41, 5.74) is 2.31. The van der Waals surface area contributed by atoms with Crippen molar-refractivity contribution in [2.45, 2.75) is 26.2 Å². The highest BCUT2D eigenvalue weighted by molar-refractivity contribution is 9.10. The molecule has 0 atom stereocenters. The van der Waals surface area contributed by atoms with E-state index in [9.17, 15) is 0 Å². The number of halogens is 1. The van der Waals surface area contributed by atoms with Gasteiger partial charge in [0.15, 0.2) is 4.77 Å². The Morgan fingerprint density at radius 1 is 1.05 bits per heavy atom. The molecule has 21 heavy (non-hydrogen) atoms. The van der Waals surface area contributed by atoms with Crippen molar-refractivity contribution in [2.75, 3.05) is 0 Å². The monoisotopic (exact) mass is 360 g/mol. The average Bonchev–Trinajstić information content (AvgIpc) is 2.82. The normalized spacial score (nSPS) is 12.0. The van der Waals surface area contributed by atoms with Crippen molar-refractivity contribution in [1.82, 2.24) is 9.55 Å². The predicted molar refractivity (Wildman–Crippen MR) is 94.9 cm³/mol. The number of aromatic nitrogens is 2. The largest absolute Gasteiger partial charge is 0.337 e. The molecule has 0 fully saturated rings. The first-order valence-electron chi connectivity index (χ1n) is 6.88. The van der Waals surface area contributed by atoms with E-state index in [1.165, 1.54) is 16.5 Å². The molecule has 108 valence electrons. The minimum absolute atomic E-state index is 0.0156. The van der Waals surface area contributed by atoms with E-state index in [1.54, 1.807) is 0 Å². The Morgan fingerprint density at radius 3 is 2.38 bits per heavy atom. The molecule has 0 unspecified atom stereocenters. The van der Waals surface area contributed by atoms with Gasteiger partial charge in [-0.05, 0) is 29.7 Å². The first kappa shape index (κ1) is 14.5. The number of nitrogens with one attached hydrogen (secondary N) is 1. The molecule has 3 rings (SSSR count). The fourth-order valence-corrected chi connectivity index (χ4v) is 3.33. The number of aromatic amines is 1. The quantitative estimate of drug-likeness (QED) is 0.548. The smallest absolute Gasteiger partial charge is 0.182 e. The summed E-state index contributed by atoms with van der Waals surface area (Å²) < 4.78 is 3.97. The van der Waals surface area contributed by atoms with Gasteiger partial charge in [-0.15, -0.1) is 0 Å². The fourth-order valence-electron chi connectivity index (χ4n) is 2.60. The minimum atomic E-state index is 0.0156. The molecular formula is C17H17BrN2S. The molecule has 0 aliphatic carbocycles. The van der Waals surface area contributed by atoms with Crippen molar-refractivity contribution in [3.05, 3.63) is 57.5 Å². The van der Waals surface area contributed by atoms with Gasteiger partial charge in [0.1, 0.15) is 0 Å². The van der Waals surface area contributed by atoms with E-state index in [1.807, 2.05) is 6.20 Å². The van der Waals surface area contributed by atoms with E-state index in [0.29, 0.717) is 0 Å². The van der Waals surface area contributed by atoms with Crippen LogP contribution < -0.4 is 0 Å². The lowest BCUT2D eigenvalue weighted by atomic mass is 9.92. The van der Waals surface area contributed by atoms with Crippen LogP contribution in [0.3, 0.4) is 0 Å². The van der Waals surface area contributed by atoms with E-state index in [-0.39, 0.29) is 5.41 Å². The van der Waals surface area contributed by atoms with Crippen LogP contribution in [0.4, 0.5) is 0 Å². The third-order valence-electron chi connectivity index (χ3n) is 3.63. The number of rotatable bonds is 1. The lowest BCUT2D eigenvalue weighted by Crippen LogP contribution is -2.16. The molecule has 0 aliphatic rings. The zero-order chi connectivity index (χ0) is 15.2. The summed E-state index contributed by atoms with van der Waals surface area (Å²) in [6.45, 7) is 6.59. The molecule has 0 saturated carbocycles. The van der Waals surface area contributed by atoms with E-state index in [4.69, 9.17) is 12.2 Å². The first-order chi connectivity index (χ1) is 9.89. The summed E-state index contributed by atoms with van der Waals surface area (Å²) in [6.07, 6.45) is 2.01. The molecule has 2 aromatic carbocycles. The summed E-state index contributed by atoms with van der Waals surface area (Å²) >= 11 is 9.14. The number of imidazole rings is 1. The minimum Gasteiger partial charge on any atom is -0.337 e. The maximum absolute atomic E-state index is 5.52. The van der Waals surface area contributed by atoms with Crippen LogP contribution in [0.15, 0.2) is 47.1 Å². The van der Waals surface area contributed by atoms with Crippen LogP contribution >= 0.6 is 28.1 Å². The molecule has 0 saturated heterocycles. The maximum atomic E-state index is 5.52. The number of fused-ring (bicyclic) bond motifs is 1. The highest BCUT2D eigenvalue weighted by atomic mass is 79.9. The Hall–Kier alpha value is -1.39. The highest BCUT2D eigenvalue weighted by Gasteiger charge is 2.21. The van der Waals surface area contributed by atoms with Crippen molar-refractivity contribution in [3.8, 4) is 5.69 Å². The van der Waals surface area contributed by atoms with Crippen LogP contribution in [0.1, 0.15) is 26.5 Å². The molecule has 4 heteroatoms. The summed E-state index contributed by atoms with van der Waals surface area (Å²) in [6, 6.07) is 12.6. The van der Waals surface area contributed by atoms with Gasteiger partial charge in [-0.2, -0.15) is 0 Å². The highest BCUT2D eigenvalue weighted by Crippen LogP contribution is 2.32. The zero-order valence-electron chi connectivity index (χ0n) is 12.3. The Kier molecular flexibility index (Phi) is 3.54. The molecule has 1 heterocycles. The van der Waals surface area contributed by atoms with Crippen molar-refractivity contribution >= 4 is 38.9 Å². The molecule has 0 aliphatic heterocycles. The van der Waals surface area contributed by atoms with Gasteiger partial charge in [-0.25, -0.2) is 0 Å². The molecule has 1 aromatic heterocycles. The first-order valence-corrected chi connectivity index (χ1v) is 8.08. The summed E-state index contributed by atoms with van der Waals surface area (Å²) in [7, 11) is 0. The van der Waals surface area contributed by atoms with E-state index < -0.39 is 0 Å². The van der Waals surface area contributed by atoms with Crippen LogP contribution in [0.5, 0.6) is 0 Å². The molecule has 0 amide bonds. The van der Waals surface area contributed by atoms with E-state index in [0.717, 1.165) is 14.9 Å². The van der Waals surface area contributed by atoms with Crippen molar-refractivity contribution in [2.24, 2.45) is 0 Å². The third kappa shape index (κ3) is 2.47. The van der Waals surface area contributed by atoms with Gasteiger partial charge >= 0.3 is 0 Å². The molecule has 2 nitrogen and oxygen atoms in total. The second kappa shape index (κ2) is 5.11. The van der Waals surface area contributed by atoms with Crippen molar-refractivity contribution in [3.63, 3.8) is 0 Å². The second-order valence-corrected chi connectivity index (χ2v) is 7.42. The molecule has 0 bridgehead atoms. The van der Waals surface area contributed by atoms with E-state index in [2.05, 4.69) is 82.7 Å². The van der Waals surface area contributed by atoms with Gasteiger partial charge in [-0.3, -0.25) is 4.57 Å². The summed E-state index contributed by atoms with van der Waals surface area (Å²) in [5.74, 6) is 0. The number of nitrogens with zero attached hydrogens (tertiary/aromatic N) is 1. The molecular weight excluding hydrogens is 344 g/mol. The molecule has 0 radical (unpaired) electrons. The van der Waals surface area contributed by atoms with Gasteiger partial charge in [0, 0.05) is 27.2 Å². The Bertz CT molecular complexity index is 868. The van der Waals surface area contributed by atoms with Crippen molar-refractivity contribution in [1.29, 1.82) is 0 Å². The van der Waals surface area contributed by atoms with Crippen LogP contribution in [0.25, 0.3) is 16.5 Å². The van der Waals surface area contributed by atoms with Gasteiger partial charge in [0.25, 0.3) is 0 Å². The van der Waals surface area contributed by atoms with E-state index >= 15 is 0 Å². The number of hydrogen-bond acceptors (Lipinski definition) is 1. The van der Waals surface area contributed by atoms with Crippen LogP contribution in [-0.2, 0) is 5.41 Å². The Balaban J connectivity index is 2.40.